The molecular weight excluding hydrogens is 465 g/mol. The summed E-state index contributed by atoms with van der Waals surface area (Å²) < 4.78 is 1.94. The van der Waals surface area contributed by atoms with E-state index >= 15 is 0 Å². The number of aromatic nitrogens is 3. The molecule has 2 heterocycles. The zero-order valence-corrected chi connectivity index (χ0v) is 18.7. The quantitative estimate of drug-likeness (QED) is 0.525. The number of amides is 1. The Labute approximate surface area is 195 Å². The van der Waals surface area contributed by atoms with E-state index in [1.54, 1.807) is 12.1 Å². The van der Waals surface area contributed by atoms with Gasteiger partial charge in [0.15, 0.2) is 5.82 Å². The van der Waals surface area contributed by atoms with Crippen LogP contribution >= 0.6 is 36.4 Å². The van der Waals surface area contributed by atoms with E-state index in [1.165, 1.54) is 0 Å². The number of carbonyl (C=O) groups is 2. The first-order valence-electron chi connectivity index (χ1n) is 8.98. The topological polar surface area (TPSA) is 109 Å². The second-order valence-corrected chi connectivity index (χ2v) is 7.09. The van der Waals surface area contributed by atoms with E-state index in [-0.39, 0.29) is 30.9 Å². The number of hydrogen-bond donors (Lipinski definition) is 3. The predicted octanol–water partition coefficient (Wildman–Crippen LogP) is 3.08. The van der Waals surface area contributed by atoms with E-state index in [4.69, 9.17) is 16.7 Å². The van der Waals surface area contributed by atoms with Crippen molar-refractivity contribution < 1.29 is 14.7 Å². The molecule has 1 aromatic heterocycles. The van der Waals surface area contributed by atoms with Gasteiger partial charge in [-0.3, -0.25) is 19.5 Å². The van der Waals surface area contributed by atoms with Gasteiger partial charge in [0.05, 0.1) is 18.3 Å². The number of carboxylic acids is 1. The van der Waals surface area contributed by atoms with Crippen LogP contribution in [-0.4, -0.2) is 38.3 Å². The van der Waals surface area contributed by atoms with E-state index in [0.29, 0.717) is 17.1 Å². The van der Waals surface area contributed by atoms with Crippen molar-refractivity contribution in [2.24, 2.45) is 0 Å². The van der Waals surface area contributed by atoms with Gasteiger partial charge in [-0.25, -0.2) is 0 Å². The van der Waals surface area contributed by atoms with Crippen LogP contribution in [0.4, 0.5) is 0 Å². The molecule has 0 fully saturated rings. The van der Waals surface area contributed by atoms with Gasteiger partial charge in [0, 0.05) is 10.6 Å². The van der Waals surface area contributed by atoms with Gasteiger partial charge in [0.25, 0.3) is 5.91 Å². The van der Waals surface area contributed by atoms with Crippen molar-refractivity contribution in [3.8, 4) is 5.69 Å². The van der Waals surface area contributed by atoms with Gasteiger partial charge in [-0.15, -0.1) is 35.0 Å². The second-order valence-electron chi connectivity index (χ2n) is 6.68. The Hall–Kier alpha value is -2.65. The van der Waals surface area contributed by atoms with Gasteiger partial charge in [0.1, 0.15) is 12.4 Å². The number of nitrogens with one attached hydrogen (secondary N) is 2. The van der Waals surface area contributed by atoms with E-state index < -0.39 is 18.4 Å². The van der Waals surface area contributed by atoms with Crippen LogP contribution in [-0.2, 0) is 11.3 Å². The van der Waals surface area contributed by atoms with E-state index in [9.17, 15) is 9.59 Å². The molecule has 0 aliphatic carbocycles. The Morgan fingerprint density at radius 2 is 1.94 bits per heavy atom. The molecule has 8 nitrogen and oxygen atoms in total. The molecule has 0 spiro atoms. The average molecular weight is 485 g/mol. The highest BCUT2D eigenvalue weighted by atomic mass is 35.5. The highest BCUT2D eigenvalue weighted by Gasteiger charge is 2.27. The summed E-state index contributed by atoms with van der Waals surface area (Å²) in [6.07, 6.45) is 0. The molecule has 164 valence electrons. The number of aliphatic carboxylic acids is 1. The molecule has 0 saturated heterocycles. The van der Waals surface area contributed by atoms with Gasteiger partial charge < -0.3 is 10.4 Å². The zero-order chi connectivity index (χ0) is 20.5. The van der Waals surface area contributed by atoms with Gasteiger partial charge in [0.2, 0.25) is 0 Å². The lowest BCUT2D eigenvalue weighted by molar-refractivity contribution is -0.135. The van der Waals surface area contributed by atoms with Crippen molar-refractivity contribution in [3.63, 3.8) is 0 Å². The van der Waals surface area contributed by atoms with Crippen molar-refractivity contribution in [1.29, 1.82) is 0 Å². The Bertz CT molecular complexity index is 1120. The minimum atomic E-state index is -1.10. The highest BCUT2D eigenvalue weighted by Crippen LogP contribution is 2.35. The number of aryl methyl sites for hydroxylation is 1. The normalized spacial score (nSPS) is 14.2. The monoisotopic (exact) mass is 483 g/mol. The molecule has 3 N–H and O–H groups in total. The lowest BCUT2D eigenvalue weighted by atomic mass is 9.95. The molecule has 0 bridgehead atoms. The summed E-state index contributed by atoms with van der Waals surface area (Å²) in [6.45, 7) is 1.88. The summed E-state index contributed by atoms with van der Waals surface area (Å²) in [5, 5.41) is 23.7. The number of hydrogen-bond acceptors (Lipinski definition) is 5. The highest BCUT2D eigenvalue weighted by molar-refractivity contribution is 6.31. The van der Waals surface area contributed by atoms with Crippen LogP contribution in [0.2, 0.25) is 5.02 Å². The number of rotatable bonds is 4. The fourth-order valence-corrected chi connectivity index (χ4v) is 3.76. The number of halogens is 3. The fourth-order valence-electron chi connectivity index (χ4n) is 3.51. The van der Waals surface area contributed by atoms with Crippen molar-refractivity contribution in [2.45, 2.75) is 19.5 Å². The lowest BCUT2D eigenvalue weighted by Crippen LogP contribution is -2.29. The standard InChI is InChI=1S/C20H18ClN5O3.2ClH/c1-11-24-25-17-9-22-19(13-4-2-3-5-15(13)21)14-8-12(6-7-16(14)26(11)17)20(29)23-10-18(27)28;;/h2-8,19,22H,9-10H2,1H3,(H,23,29)(H,27,28);2*1H. The van der Waals surface area contributed by atoms with Crippen molar-refractivity contribution in [3.05, 3.63) is 75.8 Å². The lowest BCUT2D eigenvalue weighted by Gasteiger charge is -2.21. The van der Waals surface area contributed by atoms with E-state index in [1.807, 2.05) is 41.8 Å². The van der Waals surface area contributed by atoms with Gasteiger partial charge in [-0.1, -0.05) is 29.8 Å². The van der Waals surface area contributed by atoms with Crippen LogP contribution in [0.15, 0.2) is 42.5 Å². The summed E-state index contributed by atoms with van der Waals surface area (Å²) in [4.78, 5) is 23.2. The number of carbonyl (C=O) groups excluding carboxylic acids is 1. The molecule has 1 aliphatic rings. The summed E-state index contributed by atoms with van der Waals surface area (Å²) in [7, 11) is 0. The summed E-state index contributed by atoms with van der Waals surface area (Å²) in [6, 6.07) is 12.5. The Kier molecular flexibility index (Phi) is 8.02. The molecule has 1 atom stereocenters. The van der Waals surface area contributed by atoms with Crippen LogP contribution < -0.4 is 10.6 Å². The van der Waals surface area contributed by atoms with E-state index in [0.717, 1.165) is 28.5 Å². The minimum absolute atomic E-state index is 0. The first-order valence-corrected chi connectivity index (χ1v) is 9.36. The molecule has 4 rings (SSSR count). The van der Waals surface area contributed by atoms with Crippen LogP contribution in [0.3, 0.4) is 0 Å². The van der Waals surface area contributed by atoms with Crippen LogP contribution in [0.1, 0.15) is 39.2 Å². The maximum atomic E-state index is 12.4. The van der Waals surface area contributed by atoms with Gasteiger partial charge >= 0.3 is 5.97 Å². The average Bonchev–Trinajstić information content (AvgIpc) is 2.99. The Morgan fingerprint density at radius 3 is 2.65 bits per heavy atom. The van der Waals surface area contributed by atoms with Crippen molar-refractivity contribution in [1.82, 2.24) is 25.4 Å². The predicted molar refractivity (Wildman–Crippen MR) is 121 cm³/mol. The molecule has 3 aromatic rings. The third kappa shape index (κ3) is 4.83. The molecule has 31 heavy (non-hydrogen) atoms. The smallest absolute Gasteiger partial charge is 0.322 e. The largest absolute Gasteiger partial charge is 0.480 e. The number of nitrogens with zero attached hydrogens (tertiary/aromatic N) is 3. The van der Waals surface area contributed by atoms with Crippen LogP contribution in [0.25, 0.3) is 5.69 Å². The fraction of sp³-hybridized carbons (Fsp3) is 0.200. The minimum Gasteiger partial charge on any atom is -0.480 e. The first kappa shape index (κ1) is 24.6. The van der Waals surface area contributed by atoms with Crippen molar-refractivity contribution >= 4 is 48.3 Å². The molecule has 11 heteroatoms. The molecule has 1 amide bonds. The second kappa shape index (κ2) is 10.1. The molecule has 0 saturated carbocycles. The van der Waals surface area contributed by atoms with Gasteiger partial charge in [-0.05, 0) is 42.3 Å². The Morgan fingerprint density at radius 1 is 1.19 bits per heavy atom. The van der Waals surface area contributed by atoms with Crippen molar-refractivity contribution in [2.75, 3.05) is 6.54 Å². The van der Waals surface area contributed by atoms with Crippen LogP contribution in [0.5, 0.6) is 0 Å². The maximum absolute atomic E-state index is 12.4. The summed E-state index contributed by atoms with van der Waals surface area (Å²) >= 11 is 6.46. The van der Waals surface area contributed by atoms with Crippen LogP contribution in [0, 0.1) is 6.92 Å². The number of benzene rings is 2. The SMILES string of the molecule is Cc1nnc2n1-c1ccc(C(=O)NCC(=O)O)cc1C(c1ccccc1Cl)NC2.Cl.Cl. The van der Waals surface area contributed by atoms with Gasteiger partial charge in [-0.2, -0.15) is 0 Å². The number of carboxylic acid groups (broad SMARTS) is 1. The molecular formula is C20H20Cl3N5O3. The number of fused-ring (bicyclic) bond motifs is 3. The maximum Gasteiger partial charge on any atom is 0.322 e. The first-order chi connectivity index (χ1) is 14.0. The summed E-state index contributed by atoms with van der Waals surface area (Å²) in [5.41, 5.74) is 2.89. The molecule has 0 radical (unpaired) electrons. The molecule has 2 aromatic carbocycles. The third-order valence-electron chi connectivity index (χ3n) is 4.81. The zero-order valence-electron chi connectivity index (χ0n) is 16.3. The third-order valence-corrected chi connectivity index (χ3v) is 5.16. The Balaban J connectivity index is 0.00000171. The van der Waals surface area contributed by atoms with E-state index in [2.05, 4.69) is 20.8 Å². The summed E-state index contributed by atoms with van der Waals surface area (Å²) in [5.74, 6) is -0.0844. The molecule has 1 aliphatic heterocycles. The molecule has 1 unspecified atom stereocenters.